The van der Waals surface area contributed by atoms with Crippen molar-refractivity contribution in [3.05, 3.63) is 48.2 Å². The van der Waals surface area contributed by atoms with Gasteiger partial charge in [-0.1, -0.05) is 18.2 Å². The second-order valence-electron chi connectivity index (χ2n) is 6.00. The average molecular weight is 340 g/mol. The molecule has 0 unspecified atom stereocenters. The number of nitrogens with one attached hydrogen (secondary N) is 2. The highest BCUT2D eigenvalue weighted by Crippen LogP contribution is 2.28. The molecule has 3 rings (SSSR count). The Bertz CT molecular complexity index is 734. The molecule has 1 saturated carbocycles. The second-order valence-corrected chi connectivity index (χ2v) is 6.00. The van der Waals surface area contributed by atoms with Gasteiger partial charge >= 0.3 is 5.97 Å². The summed E-state index contributed by atoms with van der Waals surface area (Å²) in [6, 6.07) is 12.7. The van der Waals surface area contributed by atoms with Crippen LogP contribution < -0.4 is 10.6 Å². The first kappa shape index (κ1) is 16.9. The number of carbonyl (C=O) groups is 2. The van der Waals surface area contributed by atoms with Gasteiger partial charge in [0.25, 0.3) is 5.91 Å². The molecule has 1 aliphatic carbocycles. The standard InChI is InChI=1S/C18H20N4O3/c1-25-18(24)12-7-8-14(11-12)19-16-10-9-15(21-22-16)17(23)20-13-5-3-2-4-6-13/h2-6,9-10,12,14H,7-8,11H2,1H3,(H,19,22)(H,20,23)/t12-,14+/m0/s1. The molecule has 1 amide bonds. The molecule has 1 aromatic carbocycles. The molecular formula is C18H20N4O3. The number of ether oxygens (including phenoxy) is 1. The Balaban J connectivity index is 1.56. The highest BCUT2D eigenvalue weighted by Gasteiger charge is 2.30. The number of hydrogen-bond donors (Lipinski definition) is 2. The molecule has 130 valence electrons. The van der Waals surface area contributed by atoms with Crippen LogP contribution in [0.5, 0.6) is 0 Å². The van der Waals surface area contributed by atoms with Crippen LogP contribution in [0.3, 0.4) is 0 Å². The van der Waals surface area contributed by atoms with E-state index < -0.39 is 0 Å². The van der Waals surface area contributed by atoms with Crippen LogP contribution in [-0.4, -0.2) is 35.2 Å². The number of carbonyl (C=O) groups excluding carboxylic acids is 2. The number of amides is 1. The minimum atomic E-state index is -0.308. The van der Waals surface area contributed by atoms with Crippen molar-refractivity contribution in [2.45, 2.75) is 25.3 Å². The zero-order chi connectivity index (χ0) is 17.6. The molecule has 0 saturated heterocycles. The Kier molecular flexibility index (Phi) is 5.23. The zero-order valence-corrected chi connectivity index (χ0v) is 13.9. The van der Waals surface area contributed by atoms with E-state index in [4.69, 9.17) is 4.74 Å². The average Bonchev–Trinajstić information content (AvgIpc) is 3.11. The van der Waals surface area contributed by atoms with Crippen molar-refractivity contribution in [2.24, 2.45) is 5.92 Å². The third-order valence-electron chi connectivity index (χ3n) is 4.25. The van der Waals surface area contributed by atoms with Crippen molar-refractivity contribution < 1.29 is 14.3 Å². The number of benzene rings is 1. The van der Waals surface area contributed by atoms with Crippen LogP contribution in [0, 0.1) is 5.92 Å². The summed E-state index contributed by atoms with van der Waals surface area (Å²) >= 11 is 0. The van der Waals surface area contributed by atoms with Crippen LogP contribution in [0.1, 0.15) is 29.8 Å². The summed E-state index contributed by atoms with van der Waals surface area (Å²) in [6.45, 7) is 0. The minimum Gasteiger partial charge on any atom is -0.469 e. The zero-order valence-electron chi connectivity index (χ0n) is 13.9. The number of hydrogen-bond acceptors (Lipinski definition) is 6. The maximum Gasteiger partial charge on any atom is 0.308 e. The van der Waals surface area contributed by atoms with Crippen LogP contribution in [0.2, 0.25) is 0 Å². The summed E-state index contributed by atoms with van der Waals surface area (Å²) in [5.74, 6) is 0.0540. The maximum absolute atomic E-state index is 12.1. The van der Waals surface area contributed by atoms with Gasteiger partial charge in [-0.05, 0) is 43.5 Å². The fourth-order valence-corrected chi connectivity index (χ4v) is 2.95. The highest BCUT2D eigenvalue weighted by molar-refractivity contribution is 6.02. The van der Waals surface area contributed by atoms with E-state index >= 15 is 0 Å². The molecule has 1 heterocycles. The van der Waals surface area contributed by atoms with E-state index in [1.165, 1.54) is 7.11 Å². The third kappa shape index (κ3) is 4.32. The Labute approximate surface area is 145 Å². The summed E-state index contributed by atoms with van der Waals surface area (Å²) in [6.07, 6.45) is 2.39. The molecule has 1 fully saturated rings. The third-order valence-corrected chi connectivity index (χ3v) is 4.25. The van der Waals surface area contributed by atoms with Gasteiger partial charge in [-0.25, -0.2) is 0 Å². The highest BCUT2D eigenvalue weighted by atomic mass is 16.5. The molecule has 2 N–H and O–H groups in total. The fraction of sp³-hybridized carbons (Fsp3) is 0.333. The van der Waals surface area contributed by atoms with E-state index in [-0.39, 0.29) is 29.5 Å². The van der Waals surface area contributed by atoms with E-state index in [2.05, 4.69) is 20.8 Å². The normalized spacial score (nSPS) is 19.2. The Morgan fingerprint density at radius 3 is 2.56 bits per heavy atom. The van der Waals surface area contributed by atoms with E-state index in [0.717, 1.165) is 12.8 Å². The predicted molar refractivity (Wildman–Crippen MR) is 93.2 cm³/mol. The summed E-state index contributed by atoms with van der Waals surface area (Å²) in [7, 11) is 1.41. The van der Waals surface area contributed by atoms with Crippen LogP contribution >= 0.6 is 0 Å². The number of aromatic nitrogens is 2. The van der Waals surface area contributed by atoms with Gasteiger partial charge in [-0.3, -0.25) is 9.59 Å². The second kappa shape index (κ2) is 7.74. The number of nitrogens with zero attached hydrogens (tertiary/aromatic N) is 2. The number of esters is 1. The van der Waals surface area contributed by atoms with Crippen molar-refractivity contribution in [3.63, 3.8) is 0 Å². The lowest BCUT2D eigenvalue weighted by molar-refractivity contribution is -0.145. The summed E-state index contributed by atoms with van der Waals surface area (Å²) in [4.78, 5) is 23.7. The van der Waals surface area contributed by atoms with Gasteiger partial charge in [0.15, 0.2) is 5.69 Å². The van der Waals surface area contributed by atoms with E-state index in [9.17, 15) is 9.59 Å². The molecule has 1 aliphatic rings. The SMILES string of the molecule is COC(=O)[C@H]1CC[C@@H](Nc2ccc(C(=O)Nc3ccccc3)nn2)C1. The summed E-state index contributed by atoms with van der Waals surface area (Å²) < 4.78 is 4.78. The number of rotatable bonds is 5. The van der Waals surface area contributed by atoms with Gasteiger partial charge < -0.3 is 15.4 Å². The van der Waals surface area contributed by atoms with Crippen molar-refractivity contribution in [1.82, 2.24) is 10.2 Å². The van der Waals surface area contributed by atoms with E-state index in [1.54, 1.807) is 24.3 Å². The molecule has 2 aromatic rings. The smallest absolute Gasteiger partial charge is 0.308 e. The molecule has 2 atom stereocenters. The van der Waals surface area contributed by atoms with Crippen molar-refractivity contribution in [1.29, 1.82) is 0 Å². The quantitative estimate of drug-likeness (QED) is 0.812. The lowest BCUT2D eigenvalue weighted by Gasteiger charge is -2.13. The van der Waals surface area contributed by atoms with Gasteiger partial charge in [0.2, 0.25) is 0 Å². The van der Waals surface area contributed by atoms with Gasteiger partial charge in [0.1, 0.15) is 5.82 Å². The lowest BCUT2D eigenvalue weighted by atomic mass is 10.1. The molecule has 0 radical (unpaired) electrons. The molecular weight excluding hydrogens is 320 g/mol. The topological polar surface area (TPSA) is 93.2 Å². The Morgan fingerprint density at radius 2 is 1.88 bits per heavy atom. The molecule has 1 aromatic heterocycles. The fourth-order valence-electron chi connectivity index (χ4n) is 2.95. The van der Waals surface area contributed by atoms with Gasteiger partial charge in [0.05, 0.1) is 13.0 Å². The molecule has 25 heavy (non-hydrogen) atoms. The Hall–Kier alpha value is -2.96. The van der Waals surface area contributed by atoms with Crippen LogP contribution in [0.25, 0.3) is 0 Å². The van der Waals surface area contributed by atoms with Crippen molar-refractivity contribution in [3.8, 4) is 0 Å². The maximum atomic E-state index is 12.1. The van der Waals surface area contributed by atoms with Crippen molar-refractivity contribution >= 4 is 23.4 Å². The first-order valence-electron chi connectivity index (χ1n) is 8.20. The first-order valence-corrected chi connectivity index (χ1v) is 8.20. The lowest BCUT2D eigenvalue weighted by Crippen LogP contribution is -2.20. The van der Waals surface area contributed by atoms with Crippen molar-refractivity contribution in [2.75, 3.05) is 17.7 Å². The first-order chi connectivity index (χ1) is 12.2. The number of anilines is 2. The Morgan fingerprint density at radius 1 is 1.08 bits per heavy atom. The minimum absolute atomic E-state index is 0.0635. The van der Waals surface area contributed by atoms with Crippen LogP contribution in [-0.2, 0) is 9.53 Å². The van der Waals surface area contributed by atoms with Gasteiger partial charge in [0, 0.05) is 11.7 Å². The molecule has 0 spiro atoms. The summed E-state index contributed by atoms with van der Waals surface area (Å²) in [5.41, 5.74) is 0.949. The number of para-hydroxylation sites is 1. The molecule has 7 nitrogen and oxygen atoms in total. The van der Waals surface area contributed by atoms with E-state index in [0.29, 0.717) is 17.9 Å². The van der Waals surface area contributed by atoms with E-state index in [1.807, 2.05) is 18.2 Å². The monoisotopic (exact) mass is 340 g/mol. The largest absolute Gasteiger partial charge is 0.469 e. The van der Waals surface area contributed by atoms with Crippen LogP contribution in [0.4, 0.5) is 11.5 Å². The number of methoxy groups -OCH3 is 1. The predicted octanol–water partition coefficient (Wildman–Crippen LogP) is 2.48. The van der Waals surface area contributed by atoms with Gasteiger partial charge in [-0.15, -0.1) is 10.2 Å². The summed E-state index contributed by atoms with van der Waals surface area (Å²) in [5, 5.41) is 14.0. The molecule has 7 heteroatoms. The molecule has 0 aliphatic heterocycles. The molecule has 0 bridgehead atoms. The van der Waals surface area contributed by atoms with Gasteiger partial charge in [-0.2, -0.15) is 0 Å². The van der Waals surface area contributed by atoms with Crippen LogP contribution in [0.15, 0.2) is 42.5 Å².